The first-order valence-electron chi connectivity index (χ1n) is 7.73. The van der Waals surface area contributed by atoms with E-state index in [1.807, 2.05) is 48.5 Å². The Bertz CT molecular complexity index is 953. The van der Waals surface area contributed by atoms with Crippen molar-refractivity contribution in [3.8, 4) is 0 Å². The van der Waals surface area contributed by atoms with E-state index in [9.17, 15) is 9.59 Å². The Morgan fingerprint density at radius 3 is 2.52 bits per heavy atom. The fraction of sp³-hybridized carbons (Fsp3) is 0.100. The number of para-hydroxylation sites is 1. The SMILES string of the molecule is COC(=O)Cc1cccc(Br)c1NC(=O)c1ccc2ccccc2c1. The molecule has 25 heavy (non-hydrogen) atoms. The second kappa shape index (κ2) is 7.49. The summed E-state index contributed by atoms with van der Waals surface area (Å²) < 4.78 is 5.43. The average molecular weight is 398 g/mol. The largest absolute Gasteiger partial charge is 0.469 e. The van der Waals surface area contributed by atoms with Gasteiger partial charge in [0, 0.05) is 10.0 Å². The van der Waals surface area contributed by atoms with Gasteiger partial charge < -0.3 is 10.1 Å². The van der Waals surface area contributed by atoms with Crippen molar-refractivity contribution < 1.29 is 14.3 Å². The number of benzene rings is 3. The maximum atomic E-state index is 12.7. The number of amides is 1. The Balaban J connectivity index is 1.90. The quantitative estimate of drug-likeness (QED) is 0.655. The number of halogens is 1. The van der Waals surface area contributed by atoms with Crippen LogP contribution in [0, 0.1) is 0 Å². The molecule has 1 N–H and O–H groups in total. The zero-order valence-electron chi connectivity index (χ0n) is 13.6. The van der Waals surface area contributed by atoms with E-state index in [0.717, 1.165) is 10.8 Å². The first-order valence-corrected chi connectivity index (χ1v) is 8.52. The highest BCUT2D eigenvalue weighted by Gasteiger charge is 2.15. The predicted octanol–water partition coefficient (Wildman–Crippen LogP) is 4.57. The van der Waals surface area contributed by atoms with E-state index in [-0.39, 0.29) is 18.3 Å². The summed E-state index contributed by atoms with van der Waals surface area (Å²) in [5.74, 6) is -0.594. The van der Waals surface area contributed by atoms with Gasteiger partial charge in [0.05, 0.1) is 19.2 Å². The lowest BCUT2D eigenvalue weighted by Gasteiger charge is -2.13. The maximum absolute atomic E-state index is 12.7. The Kier molecular flexibility index (Phi) is 5.14. The van der Waals surface area contributed by atoms with Gasteiger partial charge in [0.25, 0.3) is 5.91 Å². The summed E-state index contributed by atoms with van der Waals surface area (Å²) in [6, 6.07) is 18.8. The average Bonchev–Trinajstić information content (AvgIpc) is 2.63. The molecular weight excluding hydrogens is 382 g/mol. The second-order valence-electron chi connectivity index (χ2n) is 5.54. The molecule has 0 aliphatic heterocycles. The number of fused-ring (bicyclic) bond motifs is 1. The lowest BCUT2D eigenvalue weighted by atomic mass is 10.1. The third-order valence-corrected chi connectivity index (χ3v) is 4.57. The normalized spacial score (nSPS) is 10.5. The Hall–Kier alpha value is -2.66. The molecule has 0 atom stereocenters. The van der Waals surface area contributed by atoms with Crippen LogP contribution in [0.2, 0.25) is 0 Å². The van der Waals surface area contributed by atoms with Gasteiger partial charge in [-0.05, 0) is 50.5 Å². The van der Waals surface area contributed by atoms with Crippen LogP contribution in [0.1, 0.15) is 15.9 Å². The number of carbonyl (C=O) groups excluding carboxylic acids is 2. The van der Waals surface area contributed by atoms with Gasteiger partial charge in [0.2, 0.25) is 0 Å². The van der Waals surface area contributed by atoms with Crippen LogP contribution in [0.4, 0.5) is 5.69 Å². The number of nitrogens with one attached hydrogen (secondary N) is 1. The fourth-order valence-electron chi connectivity index (χ4n) is 2.60. The number of ether oxygens (including phenoxy) is 1. The summed E-state index contributed by atoms with van der Waals surface area (Å²) >= 11 is 3.43. The van der Waals surface area contributed by atoms with Crippen LogP contribution in [0.3, 0.4) is 0 Å². The van der Waals surface area contributed by atoms with Crippen LogP contribution in [0.25, 0.3) is 10.8 Å². The summed E-state index contributed by atoms with van der Waals surface area (Å²) in [5, 5.41) is 4.97. The molecule has 4 nitrogen and oxygen atoms in total. The van der Waals surface area contributed by atoms with Gasteiger partial charge in [-0.25, -0.2) is 0 Å². The summed E-state index contributed by atoms with van der Waals surface area (Å²) in [6.07, 6.45) is 0.0866. The first-order chi connectivity index (χ1) is 12.1. The highest BCUT2D eigenvalue weighted by atomic mass is 79.9. The standard InChI is InChI=1S/C20H16BrNO3/c1-25-18(23)12-15-7-4-8-17(21)19(15)22-20(24)16-10-9-13-5-2-3-6-14(13)11-16/h2-11H,12H2,1H3,(H,22,24). The minimum atomic E-state index is -0.362. The van der Waals surface area contributed by atoms with Crippen LogP contribution in [-0.4, -0.2) is 19.0 Å². The third-order valence-electron chi connectivity index (χ3n) is 3.91. The van der Waals surface area contributed by atoms with Crippen molar-refractivity contribution in [2.75, 3.05) is 12.4 Å². The molecule has 3 rings (SSSR count). The molecule has 0 saturated carbocycles. The van der Waals surface area contributed by atoms with E-state index in [1.54, 1.807) is 12.1 Å². The van der Waals surface area contributed by atoms with E-state index in [0.29, 0.717) is 21.3 Å². The van der Waals surface area contributed by atoms with E-state index >= 15 is 0 Å². The van der Waals surface area contributed by atoms with Crippen molar-refractivity contribution in [3.63, 3.8) is 0 Å². The molecule has 0 aromatic heterocycles. The van der Waals surface area contributed by atoms with Crippen molar-refractivity contribution in [1.82, 2.24) is 0 Å². The molecule has 0 spiro atoms. The lowest BCUT2D eigenvalue weighted by molar-refractivity contribution is -0.139. The Labute approximate surface area is 153 Å². The highest BCUT2D eigenvalue weighted by Crippen LogP contribution is 2.28. The van der Waals surface area contributed by atoms with Gasteiger partial charge >= 0.3 is 5.97 Å². The minimum Gasteiger partial charge on any atom is -0.469 e. The van der Waals surface area contributed by atoms with E-state index in [1.165, 1.54) is 7.11 Å². The monoisotopic (exact) mass is 397 g/mol. The van der Waals surface area contributed by atoms with Crippen molar-refractivity contribution in [2.45, 2.75) is 6.42 Å². The molecule has 0 saturated heterocycles. The van der Waals surface area contributed by atoms with Gasteiger partial charge in [0.15, 0.2) is 0 Å². The van der Waals surface area contributed by atoms with Crippen LogP contribution in [-0.2, 0) is 16.0 Å². The fourth-order valence-corrected chi connectivity index (χ4v) is 3.11. The molecule has 3 aromatic carbocycles. The smallest absolute Gasteiger partial charge is 0.310 e. The molecule has 0 radical (unpaired) electrons. The van der Waals surface area contributed by atoms with Crippen LogP contribution >= 0.6 is 15.9 Å². The zero-order valence-corrected chi connectivity index (χ0v) is 15.2. The lowest BCUT2D eigenvalue weighted by Crippen LogP contribution is -2.15. The molecule has 0 fully saturated rings. The van der Waals surface area contributed by atoms with Gasteiger partial charge in [-0.3, -0.25) is 9.59 Å². The molecule has 0 bridgehead atoms. The molecule has 0 aliphatic carbocycles. The molecule has 0 heterocycles. The van der Waals surface area contributed by atoms with Crippen molar-refractivity contribution in [1.29, 1.82) is 0 Å². The molecule has 126 valence electrons. The Morgan fingerprint density at radius 2 is 1.76 bits per heavy atom. The zero-order chi connectivity index (χ0) is 17.8. The molecule has 5 heteroatoms. The Morgan fingerprint density at radius 1 is 1.00 bits per heavy atom. The second-order valence-corrected chi connectivity index (χ2v) is 6.40. The number of carbonyl (C=O) groups is 2. The third kappa shape index (κ3) is 3.88. The minimum absolute atomic E-state index is 0.0866. The van der Waals surface area contributed by atoms with Crippen LogP contribution < -0.4 is 5.32 Å². The summed E-state index contributed by atoms with van der Waals surface area (Å²) in [6.45, 7) is 0. The summed E-state index contributed by atoms with van der Waals surface area (Å²) in [5.41, 5.74) is 1.82. The van der Waals surface area contributed by atoms with Crippen molar-refractivity contribution in [2.24, 2.45) is 0 Å². The number of methoxy groups -OCH3 is 1. The summed E-state index contributed by atoms with van der Waals surface area (Å²) in [7, 11) is 1.34. The molecule has 3 aromatic rings. The number of hydrogen-bond acceptors (Lipinski definition) is 3. The van der Waals surface area contributed by atoms with Gasteiger partial charge in [-0.1, -0.05) is 42.5 Å². The van der Waals surface area contributed by atoms with E-state index < -0.39 is 0 Å². The molecule has 0 unspecified atom stereocenters. The number of rotatable bonds is 4. The van der Waals surface area contributed by atoms with Gasteiger partial charge in [-0.15, -0.1) is 0 Å². The van der Waals surface area contributed by atoms with E-state index in [2.05, 4.69) is 21.2 Å². The number of esters is 1. The molecular formula is C20H16BrNO3. The topological polar surface area (TPSA) is 55.4 Å². The van der Waals surface area contributed by atoms with E-state index in [4.69, 9.17) is 4.74 Å². The molecule has 1 amide bonds. The number of anilines is 1. The van der Waals surface area contributed by atoms with Crippen LogP contribution in [0.5, 0.6) is 0 Å². The van der Waals surface area contributed by atoms with Gasteiger partial charge in [0.1, 0.15) is 0 Å². The maximum Gasteiger partial charge on any atom is 0.310 e. The molecule has 0 aliphatic rings. The van der Waals surface area contributed by atoms with Crippen molar-refractivity contribution in [3.05, 3.63) is 76.3 Å². The van der Waals surface area contributed by atoms with Crippen LogP contribution in [0.15, 0.2) is 65.1 Å². The highest BCUT2D eigenvalue weighted by molar-refractivity contribution is 9.10. The number of hydrogen-bond donors (Lipinski definition) is 1. The first kappa shape index (κ1) is 17.2. The van der Waals surface area contributed by atoms with Crippen molar-refractivity contribution >= 4 is 44.3 Å². The predicted molar refractivity (Wildman–Crippen MR) is 102 cm³/mol. The van der Waals surface area contributed by atoms with Gasteiger partial charge in [-0.2, -0.15) is 0 Å². The summed E-state index contributed by atoms with van der Waals surface area (Å²) in [4.78, 5) is 24.3.